The van der Waals surface area contributed by atoms with Crippen molar-refractivity contribution in [1.29, 1.82) is 0 Å². The molecule has 42 heavy (non-hydrogen) atoms. The van der Waals surface area contributed by atoms with E-state index < -0.39 is 30.6 Å². The predicted octanol–water partition coefficient (Wildman–Crippen LogP) is 2.81. The first-order valence-corrected chi connectivity index (χ1v) is 14.8. The van der Waals surface area contributed by atoms with Crippen molar-refractivity contribution in [3.8, 4) is 0 Å². The summed E-state index contributed by atoms with van der Waals surface area (Å²) in [6.45, 7) is 11.3. The molecule has 0 radical (unpaired) electrons. The van der Waals surface area contributed by atoms with E-state index in [0.29, 0.717) is 41.9 Å². The van der Waals surface area contributed by atoms with Crippen molar-refractivity contribution in [1.82, 2.24) is 34.4 Å². The number of benzene rings is 1. The fourth-order valence-electron chi connectivity index (χ4n) is 6.40. The van der Waals surface area contributed by atoms with Crippen LogP contribution in [0.25, 0.3) is 22.2 Å². The number of imidazole rings is 2. The summed E-state index contributed by atoms with van der Waals surface area (Å²) in [5, 5.41) is 32.8. The Morgan fingerprint density at radius 3 is 2.62 bits per heavy atom. The summed E-state index contributed by atoms with van der Waals surface area (Å²) >= 11 is 0. The number of H-pyrrole nitrogens is 1. The van der Waals surface area contributed by atoms with Gasteiger partial charge in [0, 0.05) is 18.6 Å². The molecule has 0 spiro atoms. The smallest absolute Gasteiger partial charge is 0.167 e. The van der Waals surface area contributed by atoms with Crippen molar-refractivity contribution in [2.45, 2.75) is 102 Å². The van der Waals surface area contributed by atoms with Crippen molar-refractivity contribution >= 4 is 28.0 Å². The number of aromatic nitrogens is 6. The average molecular weight is 579 g/mol. The van der Waals surface area contributed by atoms with Gasteiger partial charge in [-0.2, -0.15) is 0 Å². The van der Waals surface area contributed by atoms with E-state index in [0.717, 1.165) is 23.9 Å². The third-order valence-electron chi connectivity index (χ3n) is 8.97. The Kier molecular flexibility index (Phi) is 7.47. The van der Waals surface area contributed by atoms with E-state index in [1.54, 1.807) is 4.57 Å². The summed E-state index contributed by atoms with van der Waals surface area (Å²) in [6, 6.07) is 6.74. The molecule has 4 aromatic rings. The number of nitrogens with zero attached hydrogens (tertiary/aromatic N) is 6. The van der Waals surface area contributed by atoms with Gasteiger partial charge in [-0.1, -0.05) is 26.8 Å². The van der Waals surface area contributed by atoms with Crippen LogP contribution in [0.1, 0.15) is 77.6 Å². The molecule has 6 rings (SSSR count). The number of hydrogen-bond donors (Lipinski definition) is 5. The maximum atomic E-state index is 11.0. The molecule has 4 heterocycles. The molecule has 0 bridgehead atoms. The maximum Gasteiger partial charge on any atom is 0.167 e. The lowest BCUT2D eigenvalue weighted by molar-refractivity contribution is -0.0640. The highest BCUT2D eigenvalue weighted by molar-refractivity contribution is 5.81. The Bertz CT molecular complexity index is 1560. The van der Waals surface area contributed by atoms with E-state index in [4.69, 9.17) is 10.5 Å². The third-order valence-corrected chi connectivity index (χ3v) is 8.97. The van der Waals surface area contributed by atoms with Crippen molar-refractivity contribution in [3.05, 3.63) is 42.2 Å². The van der Waals surface area contributed by atoms with E-state index in [9.17, 15) is 15.3 Å². The van der Waals surface area contributed by atoms with E-state index >= 15 is 0 Å². The van der Waals surface area contributed by atoms with Crippen LogP contribution in [0.4, 0.5) is 5.82 Å². The molecule has 5 atom stereocenters. The molecule has 2 fully saturated rings. The molecule has 226 valence electrons. The molecule has 1 saturated carbocycles. The SMILES string of the molecule is CC(C)N(C[C@H]1O[C@@H](n2cnc3c(N)ncnc32)[C@H](O)[C@@H]1O)C1CC(CC(O)c2nc3ccc(C(C)(C)C)cc3[nH]2)C1. The standard InChI is InChI=1S/C30H42N8O4/c1-15(2)37(12-22-24(40)25(41)29(42-22)38-14-34-23-26(31)32-13-33-28(23)38)18-8-16(9-18)10-21(39)27-35-19-7-6-17(30(3,4)5)11-20(19)36-27/h6-7,11,13-16,18,21-22,24-25,29,39-41H,8-10,12H2,1-5H3,(H,35,36)(H2,31,32,33)/t16?,18?,21?,22-,24-,25-,29-/m1/s1. The zero-order chi connectivity index (χ0) is 29.9. The summed E-state index contributed by atoms with van der Waals surface area (Å²) < 4.78 is 7.81. The molecule has 1 aliphatic heterocycles. The van der Waals surface area contributed by atoms with Crippen LogP contribution in [0.15, 0.2) is 30.9 Å². The molecule has 3 aromatic heterocycles. The third kappa shape index (κ3) is 5.26. The van der Waals surface area contributed by atoms with E-state index in [2.05, 4.69) is 76.6 Å². The largest absolute Gasteiger partial charge is 0.387 e. The minimum atomic E-state index is -1.15. The minimum absolute atomic E-state index is 0.0389. The van der Waals surface area contributed by atoms with Crippen LogP contribution in [0.5, 0.6) is 0 Å². The normalized spacial score (nSPS) is 27.4. The van der Waals surface area contributed by atoms with Gasteiger partial charge < -0.3 is 30.8 Å². The molecular formula is C30H42N8O4. The van der Waals surface area contributed by atoms with Gasteiger partial charge in [-0.3, -0.25) is 9.47 Å². The summed E-state index contributed by atoms with van der Waals surface area (Å²) in [7, 11) is 0. The maximum absolute atomic E-state index is 11.0. The number of hydrogen-bond acceptors (Lipinski definition) is 10. The number of fused-ring (bicyclic) bond motifs is 2. The number of aliphatic hydroxyl groups is 3. The van der Waals surface area contributed by atoms with E-state index in [1.165, 1.54) is 18.2 Å². The molecular weight excluding hydrogens is 536 g/mol. The fraction of sp³-hybridized carbons (Fsp3) is 0.600. The first-order valence-electron chi connectivity index (χ1n) is 14.8. The van der Waals surface area contributed by atoms with Crippen LogP contribution in [-0.4, -0.2) is 86.6 Å². The van der Waals surface area contributed by atoms with Crippen molar-refractivity contribution in [2.75, 3.05) is 12.3 Å². The van der Waals surface area contributed by atoms with Gasteiger partial charge >= 0.3 is 0 Å². The molecule has 12 nitrogen and oxygen atoms in total. The highest BCUT2D eigenvalue weighted by atomic mass is 16.6. The zero-order valence-electron chi connectivity index (χ0n) is 24.8. The number of anilines is 1. The number of nitrogens with one attached hydrogen (secondary N) is 1. The predicted molar refractivity (Wildman–Crippen MR) is 158 cm³/mol. The first kappa shape index (κ1) is 28.9. The van der Waals surface area contributed by atoms with Crippen molar-refractivity contribution in [2.24, 2.45) is 5.92 Å². The van der Waals surface area contributed by atoms with Gasteiger partial charge in [0.25, 0.3) is 0 Å². The lowest BCUT2D eigenvalue weighted by Crippen LogP contribution is -2.52. The number of aromatic amines is 1. The van der Waals surface area contributed by atoms with Gasteiger partial charge in [0.2, 0.25) is 0 Å². The average Bonchev–Trinajstić information content (AvgIpc) is 3.61. The molecule has 1 unspecified atom stereocenters. The second-order valence-electron chi connectivity index (χ2n) is 13.3. The quantitative estimate of drug-likeness (QED) is 0.209. The van der Waals surface area contributed by atoms with Gasteiger partial charge in [-0.05, 0) is 62.1 Å². The Labute approximate surface area is 245 Å². The Balaban J connectivity index is 1.08. The molecule has 1 aromatic carbocycles. The van der Waals surface area contributed by atoms with Gasteiger partial charge in [0.15, 0.2) is 17.7 Å². The highest BCUT2D eigenvalue weighted by Gasteiger charge is 2.46. The number of ether oxygens (including phenoxy) is 1. The summed E-state index contributed by atoms with van der Waals surface area (Å²) in [4.78, 5) is 22.8. The molecule has 1 aliphatic carbocycles. The first-order chi connectivity index (χ1) is 19.9. The van der Waals surface area contributed by atoms with Crippen molar-refractivity contribution in [3.63, 3.8) is 0 Å². The van der Waals surface area contributed by atoms with Gasteiger partial charge in [0.05, 0.1) is 17.4 Å². The molecule has 12 heteroatoms. The van der Waals surface area contributed by atoms with Gasteiger partial charge in [0.1, 0.15) is 42.1 Å². The number of rotatable bonds is 8. The summed E-state index contributed by atoms with van der Waals surface area (Å²) in [5.41, 5.74) is 9.86. The minimum Gasteiger partial charge on any atom is -0.387 e. The molecule has 2 aliphatic rings. The number of aliphatic hydroxyl groups excluding tert-OH is 3. The Hall–Kier alpha value is -3.16. The second-order valence-corrected chi connectivity index (χ2v) is 13.3. The van der Waals surface area contributed by atoms with E-state index in [1.807, 2.05) is 6.07 Å². The monoisotopic (exact) mass is 578 g/mol. The Morgan fingerprint density at radius 1 is 1.14 bits per heavy atom. The second kappa shape index (κ2) is 10.8. The van der Waals surface area contributed by atoms with Crippen LogP contribution < -0.4 is 5.73 Å². The van der Waals surface area contributed by atoms with Crippen molar-refractivity contribution < 1.29 is 20.1 Å². The van der Waals surface area contributed by atoms with Crippen LogP contribution in [0, 0.1) is 5.92 Å². The molecule has 0 amide bonds. The zero-order valence-corrected chi connectivity index (χ0v) is 24.8. The fourth-order valence-corrected chi connectivity index (χ4v) is 6.40. The highest BCUT2D eigenvalue weighted by Crippen LogP contribution is 2.40. The van der Waals surface area contributed by atoms with Crippen LogP contribution >= 0.6 is 0 Å². The summed E-state index contributed by atoms with van der Waals surface area (Å²) in [5.74, 6) is 1.22. The lowest BCUT2D eigenvalue weighted by Gasteiger charge is -2.46. The molecule has 6 N–H and O–H groups in total. The van der Waals surface area contributed by atoms with Gasteiger partial charge in [-0.15, -0.1) is 0 Å². The number of nitrogens with two attached hydrogens (primary N) is 1. The lowest BCUT2D eigenvalue weighted by atomic mass is 9.75. The van der Waals surface area contributed by atoms with Crippen LogP contribution in [-0.2, 0) is 10.2 Å². The topological polar surface area (TPSA) is 171 Å². The van der Waals surface area contributed by atoms with Gasteiger partial charge in [-0.25, -0.2) is 19.9 Å². The number of nitrogen functional groups attached to an aromatic ring is 1. The Morgan fingerprint density at radius 2 is 1.90 bits per heavy atom. The van der Waals surface area contributed by atoms with Crippen LogP contribution in [0.2, 0.25) is 0 Å². The summed E-state index contributed by atoms with van der Waals surface area (Å²) in [6.07, 6.45) is 1.03. The van der Waals surface area contributed by atoms with E-state index in [-0.39, 0.29) is 17.3 Å². The van der Waals surface area contributed by atoms with Crippen LogP contribution in [0.3, 0.4) is 0 Å². The molecule has 1 saturated heterocycles.